The Kier molecular flexibility index (Phi) is 6.94. The molecule has 0 aliphatic heterocycles. The Morgan fingerprint density at radius 2 is 1.55 bits per heavy atom. The van der Waals surface area contributed by atoms with Crippen molar-refractivity contribution in [1.82, 2.24) is 0 Å². The van der Waals surface area contributed by atoms with Crippen LogP contribution in [0.2, 0.25) is 10.0 Å². The highest BCUT2D eigenvalue weighted by molar-refractivity contribution is 7.92. The Balaban J connectivity index is 1.93. The third-order valence-corrected chi connectivity index (χ3v) is 6.17. The van der Waals surface area contributed by atoms with Crippen LogP contribution in [-0.4, -0.2) is 28.5 Å². The molecule has 162 valence electrons. The summed E-state index contributed by atoms with van der Waals surface area (Å²) in [6.45, 7) is 0. The normalized spacial score (nSPS) is 11.0. The van der Waals surface area contributed by atoms with Gasteiger partial charge in [0.05, 0.1) is 41.1 Å². The van der Waals surface area contributed by atoms with Gasteiger partial charge in [-0.3, -0.25) is 9.52 Å². The van der Waals surface area contributed by atoms with E-state index >= 15 is 0 Å². The molecule has 0 saturated carbocycles. The van der Waals surface area contributed by atoms with Gasteiger partial charge in [-0.15, -0.1) is 0 Å². The molecule has 7 nitrogen and oxygen atoms in total. The standard InChI is InChI=1S/C21H18Cl2N2O5S/c1-29-19-6-4-3-5-17(19)25-31(27,28)14-8-10-20(30-2)18(12-14)24-21(26)15-9-7-13(22)11-16(15)23/h3-12,25H,1-2H3,(H,24,26). The number of carbonyl (C=O) groups is 1. The molecule has 10 heteroatoms. The lowest BCUT2D eigenvalue weighted by atomic mass is 10.2. The van der Waals surface area contributed by atoms with Crippen LogP contribution in [-0.2, 0) is 10.0 Å². The largest absolute Gasteiger partial charge is 0.495 e. The molecule has 31 heavy (non-hydrogen) atoms. The van der Waals surface area contributed by atoms with Crippen molar-refractivity contribution in [2.75, 3.05) is 24.3 Å². The number of hydrogen-bond acceptors (Lipinski definition) is 5. The van der Waals surface area contributed by atoms with Crippen LogP contribution in [0, 0.1) is 0 Å². The van der Waals surface area contributed by atoms with E-state index < -0.39 is 15.9 Å². The number of sulfonamides is 1. The smallest absolute Gasteiger partial charge is 0.262 e. The van der Waals surface area contributed by atoms with Gasteiger partial charge in [-0.25, -0.2) is 8.42 Å². The SMILES string of the molecule is COc1ccc(S(=O)(=O)Nc2ccccc2OC)cc1NC(=O)c1ccc(Cl)cc1Cl. The molecule has 0 aromatic heterocycles. The molecule has 0 aliphatic rings. The minimum atomic E-state index is -3.99. The average molecular weight is 481 g/mol. The van der Waals surface area contributed by atoms with Crippen LogP contribution in [0.3, 0.4) is 0 Å². The number of hydrogen-bond donors (Lipinski definition) is 2. The first-order valence-electron chi connectivity index (χ1n) is 8.85. The molecule has 0 heterocycles. The number of rotatable bonds is 7. The predicted molar refractivity (Wildman–Crippen MR) is 121 cm³/mol. The summed E-state index contributed by atoms with van der Waals surface area (Å²) in [5.41, 5.74) is 0.606. The fourth-order valence-corrected chi connectivity index (χ4v) is 4.34. The average Bonchev–Trinajstić information content (AvgIpc) is 2.73. The number of ether oxygens (including phenoxy) is 2. The summed E-state index contributed by atoms with van der Waals surface area (Å²) < 4.78 is 38.7. The van der Waals surface area contributed by atoms with E-state index in [2.05, 4.69) is 10.0 Å². The van der Waals surface area contributed by atoms with Crippen LogP contribution in [0.4, 0.5) is 11.4 Å². The lowest BCUT2D eigenvalue weighted by molar-refractivity contribution is 0.102. The van der Waals surface area contributed by atoms with Crippen molar-refractivity contribution in [2.24, 2.45) is 0 Å². The number of halogens is 2. The zero-order valence-electron chi connectivity index (χ0n) is 16.5. The monoisotopic (exact) mass is 480 g/mol. The second kappa shape index (κ2) is 9.47. The third-order valence-electron chi connectivity index (χ3n) is 4.26. The first-order chi connectivity index (χ1) is 14.7. The van der Waals surface area contributed by atoms with Crippen LogP contribution in [0.5, 0.6) is 11.5 Å². The van der Waals surface area contributed by atoms with Crippen molar-refractivity contribution in [3.05, 3.63) is 76.3 Å². The van der Waals surface area contributed by atoms with Crippen molar-refractivity contribution < 1.29 is 22.7 Å². The van der Waals surface area contributed by atoms with Gasteiger partial charge in [-0.2, -0.15) is 0 Å². The summed E-state index contributed by atoms with van der Waals surface area (Å²) in [5.74, 6) is 0.0902. The first kappa shape index (κ1) is 22.7. The fraction of sp³-hybridized carbons (Fsp3) is 0.0952. The Morgan fingerprint density at radius 1 is 0.871 bits per heavy atom. The maximum absolute atomic E-state index is 12.9. The number of benzene rings is 3. The Bertz CT molecular complexity index is 1230. The second-order valence-electron chi connectivity index (χ2n) is 6.25. The summed E-state index contributed by atoms with van der Waals surface area (Å²) in [6, 6.07) is 15.1. The van der Waals surface area contributed by atoms with E-state index in [9.17, 15) is 13.2 Å². The van der Waals surface area contributed by atoms with E-state index in [4.69, 9.17) is 32.7 Å². The summed E-state index contributed by atoms with van der Waals surface area (Å²) in [6.07, 6.45) is 0. The zero-order chi connectivity index (χ0) is 22.6. The van der Waals surface area contributed by atoms with Gasteiger partial charge in [0.2, 0.25) is 0 Å². The number of methoxy groups -OCH3 is 2. The van der Waals surface area contributed by atoms with Crippen LogP contribution >= 0.6 is 23.2 Å². The third kappa shape index (κ3) is 5.22. The molecule has 0 aliphatic carbocycles. The van der Waals surface area contributed by atoms with E-state index in [1.165, 1.54) is 50.6 Å². The second-order valence-corrected chi connectivity index (χ2v) is 8.77. The molecule has 0 bridgehead atoms. The van der Waals surface area contributed by atoms with Crippen LogP contribution in [0.25, 0.3) is 0 Å². The highest BCUT2D eigenvalue weighted by atomic mass is 35.5. The molecule has 3 aromatic rings. The van der Waals surface area contributed by atoms with Crippen molar-refractivity contribution in [3.63, 3.8) is 0 Å². The Hall–Kier alpha value is -2.94. The van der Waals surface area contributed by atoms with Crippen molar-refractivity contribution in [3.8, 4) is 11.5 Å². The summed E-state index contributed by atoms with van der Waals surface area (Å²) in [5, 5.41) is 3.17. The van der Waals surface area contributed by atoms with E-state index in [0.717, 1.165) is 0 Å². The fourth-order valence-electron chi connectivity index (χ4n) is 2.75. The van der Waals surface area contributed by atoms with Gasteiger partial charge in [-0.1, -0.05) is 35.3 Å². The number of anilines is 2. The lowest BCUT2D eigenvalue weighted by Gasteiger charge is -2.15. The van der Waals surface area contributed by atoms with Gasteiger partial charge in [-0.05, 0) is 48.5 Å². The molecular formula is C21H18Cl2N2O5S. The molecular weight excluding hydrogens is 463 g/mol. The van der Waals surface area contributed by atoms with Crippen molar-refractivity contribution in [1.29, 1.82) is 0 Å². The van der Waals surface area contributed by atoms with E-state index in [-0.39, 0.29) is 32.6 Å². The van der Waals surface area contributed by atoms with Gasteiger partial charge < -0.3 is 14.8 Å². The quantitative estimate of drug-likeness (QED) is 0.492. The zero-order valence-corrected chi connectivity index (χ0v) is 18.8. The topological polar surface area (TPSA) is 93.7 Å². The molecule has 3 aromatic carbocycles. The predicted octanol–water partition coefficient (Wildman–Crippen LogP) is 5.06. The van der Waals surface area contributed by atoms with Gasteiger partial charge in [0, 0.05) is 5.02 Å². The van der Waals surface area contributed by atoms with Crippen LogP contribution in [0.15, 0.2) is 65.6 Å². The first-order valence-corrected chi connectivity index (χ1v) is 11.1. The Morgan fingerprint density at radius 3 is 2.23 bits per heavy atom. The van der Waals surface area contributed by atoms with E-state index in [0.29, 0.717) is 10.8 Å². The van der Waals surface area contributed by atoms with Gasteiger partial charge in [0.25, 0.3) is 15.9 Å². The minimum Gasteiger partial charge on any atom is -0.495 e. The highest BCUT2D eigenvalue weighted by Gasteiger charge is 2.20. The van der Waals surface area contributed by atoms with Gasteiger partial charge in [0.15, 0.2) is 0 Å². The molecule has 1 amide bonds. The maximum Gasteiger partial charge on any atom is 0.262 e. The highest BCUT2D eigenvalue weighted by Crippen LogP contribution is 2.31. The molecule has 2 N–H and O–H groups in total. The number of nitrogens with one attached hydrogen (secondary N) is 2. The van der Waals surface area contributed by atoms with Gasteiger partial charge >= 0.3 is 0 Å². The molecule has 3 rings (SSSR count). The van der Waals surface area contributed by atoms with Crippen molar-refractivity contribution >= 4 is 50.5 Å². The molecule has 0 atom stereocenters. The summed E-state index contributed by atoms with van der Waals surface area (Å²) in [4.78, 5) is 12.6. The number of amides is 1. The molecule has 0 radical (unpaired) electrons. The van der Waals surface area contributed by atoms with Crippen LogP contribution < -0.4 is 19.5 Å². The minimum absolute atomic E-state index is 0.0864. The molecule has 0 fully saturated rings. The molecule has 0 spiro atoms. The number of para-hydroxylation sites is 2. The van der Waals surface area contributed by atoms with E-state index in [1.807, 2.05) is 0 Å². The van der Waals surface area contributed by atoms with Crippen LogP contribution in [0.1, 0.15) is 10.4 Å². The maximum atomic E-state index is 12.9. The van der Waals surface area contributed by atoms with E-state index in [1.54, 1.807) is 24.3 Å². The molecule has 0 saturated heterocycles. The summed E-state index contributed by atoms with van der Waals surface area (Å²) in [7, 11) is -1.14. The number of carbonyl (C=O) groups excluding carboxylic acids is 1. The summed E-state index contributed by atoms with van der Waals surface area (Å²) >= 11 is 12.0. The van der Waals surface area contributed by atoms with Crippen molar-refractivity contribution in [2.45, 2.75) is 4.90 Å². The van der Waals surface area contributed by atoms with Gasteiger partial charge in [0.1, 0.15) is 11.5 Å². The lowest BCUT2D eigenvalue weighted by Crippen LogP contribution is -2.16. The molecule has 0 unspecified atom stereocenters. The Labute approximate surface area is 189 Å².